The molecular weight excluding hydrogens is 514 g/mol. The van der Waals surface area contributed by atoms with Crippen molar-refractivity contribution in [3.8, 4) is 0 Å². The molecule has 4 heterocycles. The van der Waals surface area contributed by atoms with Crippen molar-refractivity contribution < 1.29 is 29.0 Å². The molecule has 0 radical (unpaired) electrons. The summed E-state index contributed by atoms with van der Waals surface area (Å²) >= 11 is 0. The first-order valence-corrected chi connectivity index (χ1v) is 13.8. The minimum Gasteiger partial charge on any atom is -0.465 e. The van der Waals surface area contributed by atoms with Crippen LogP contribution in [-0.2, 0) is 30.5 Å². The highest BCUT2D eigenvalue weighted by Crippen LogP contribution is 2.63. The third-order valence-corrected chi connectivity index (χ3v) is 8.62. The van der Waals surface area contributed by atoms with E-state index in [9.17, 15) is 19.5 Å². The Morgan fingerprint density at radius 1 is 1.30 bits per heavy atom. The SMILES string of the molecule is C=CCCCOC(=O)[C@H]1[C@H]2C(=O)N([C@H](C)CO)C(C(=O)N(CC=C)Cn3nnc4ccccc43)C23CC[C@]1(C)O3. The van der Waals surface area contributed by atoms with Crippen LogP contribution >= 0.6 is 0 Å². The van der Waals surface area contributed by atoms with E-state index in [1.54, 1.807) is 28.7 Å². The summed E-state index contributed by atoms with van der Waals surface area (Å²) < 4.78 is 13.9. The zero-order valence-electron chi connectivity index (χ0n) is 23.1. The molecule has 0 aliphatic carbocycles. The van der Waals surface area contributed by atoms with E-state index in [4.69, 9.17) is 9.47 Å². The number of nitrogens with zero attached hydrogens (tertiary/aromatic N) is 5. The minimum absolute atomic E-state index is 0.0736. The first-order valence-electron chi connectivity index (χ1n) is 13.8. The van der Waals surface area contributed by atoms with Crippen LogP contribution in [0.5, 0.6) is 0 Å². The van der Waals surface area contributed by atoms with Gasteiger partial charge in [0.05, 0.1) is 36.3 Å². The zero-order chi connectivity index (χ0) is 28.7. The number of carbonyl (C=O) groups is 3. The van der Waals surface area contributed by atoms with E-state index in [1.165, 1.54) is 4.90 Å². The lowest BCUT2D eigenvalue weighted by molar-refractivity contribution is -0.162. The van der Waals surface area contributed by atoms with Gasteiger partial charge in [-0.05, 0) is 51.7 Å². The van der Waals surface area contributed by atoms with Crippen molar-refractivity contribution in [1.82, 2.24) is 24.8 Å². The fourth-order valence-electron chi connectivity index (χ4n) is 6.78. The Hall–Kier alpha value is -3.57. The first kappa shape index (κ1) is 28.0. The van der Waals surface area contributed by atoms with Gasteiger partial charge in [-0.2, -0.15) is 0 Å². The lowest BCUT2D eigenvalue weighted by Crippen LogP contribution is -2.58. The summed E-state index contributed by atoms with van der Waals surface area (Å²) in [5, 5.41) is 18.5. The van der Waals surface area contributed by atoms with Gasteiger partial charge in [-0.1, -0.05) is 29.5 Å². The number of ether oxygens (including phenoxy) is 2. The molecule has 2 bridgehead atoms. The molecule has 214 valence electrons. The quantitative estimate of drug-likeness (QED) is 0.241. The molecule has 1 aromatic carbocycles. The Balaban J connectivity index is 1.50. The minimum atomic E-state index is -1.22. The van der Waals surface area contributed by atoms with Crippen LogP contribution in [0.15, 0.2) is 49.6 Å². The van der Waals surface area contributed by atoms with E-state index in [2.05, 4.69) is 23.5 Å². The van der Waals surface area contributed by atoms with Gasteiger partial charge in [-0.3, -0.25) is 14.4 Å². The second-order valence-corrected chi connectivity index (χ2v) is 11.2. The maximum atomic E-state index is 14.5. The van der Waals surface area contributed by atoms with Crippen LogP contribution in [0.1, 0.15) is 39.5 Å². The van der Waals surface area contributed by atoms with Gasteiger partial charge in [-0.15, -0.1) is 18.3 Å². The highest BCUT2D eigenvalue weighted by atomic mass is 16.6. The molecule has 1 spiro atoms. The van der Waals surface area contributed by atoms with E-state index >= 15 is 0 Å². The molecule has 11 heteroatoms. The van der Waals surface area contributed by atoms with E-state index in [0.717, 1.165) is 5.52 Å². The molecule has 2 amide bonds. The van der Waals surface area contributed by atoms with Gasteiger partial charge in [0.25, 0.3) is 0 Å². The van der Waals surface area contributed by atoms with Gasteiger partial charge < -0.3 is 24.4 Å². The molecule has 1 aromatic heterocycles. The third-order valence-electron chi connectivity index (χ3n) is 8.62. The molecule has 3 aliphatic heterocycles. The molecule has 40 heavy (non-hydrogen) atoms. The van der Waals surface area contributed by atoms with E-state index in [1.807, 2.05) is 31.2 Å². The number of hydrogen-bond donors (Lipinski definition) is 1. The fourth-order valence-corrected chi connectivity index (χ4v) is 6.78. The number of esters is 1. The van der Waals surface area contributed by atoms with Crippen LogP contribution in [0.4, 0.5) is 0 Å². The average Bonchev–Trinajstić information content (AvgIpc) is 3.65. The molecule has 3 saturated heterocycles. The topological polar surface area (TPSA) is 127 Å². The van der Waals surface area contributed by atoms with Crippen molar-refractivity contribution in [3.05, 3.63) is 49.6 Å². The number of para-hydroxylation sites is 1. The van der Waals surface area contributed by atoms with Crippen LogP contribution in [0.3, 0.4) is 0 Å². The fraction of sp³-hybridized carbons (Fsp3) is 0.552. The summed E-state index contributed by atoms with van der Waals surface area (Å²) in [6, 6.07) is 5.73. The first-order chi connectivity index (χ1) is 19.2. The number of aliphatic hydroxyl groups excluding tert-OH is 1. The normalized spacial score (nSPS) is 29.4. The largest absolute Gasteiger partial charge is 0.465 e. The van der Waals surface area contributed by atoms with Gasteiger partial charge in [0.1, 0.15) is 29.7 Å². The van der Waals surface area contributed by atoms with Crippen molar-refractivity contribution in [2.24, 2.45) is 11.8 Å². The summed E-state index contributed by atoms with van der Waals surface area (Å²) in [6.07, 6.45) is 5.64. The predicted molar refractivity (Wildman–Crippen MR) is 145 cm³/mol. The molecule has 3 aliphatic rings. The van der Waals surface area contributed by atoms with Gasteiger partial charge >= 0.3 is 5.97 Å². The van der Waals surface area contributed by atoms with Crippen molar-refractivity contribution in [2.45, 2.75) is 69.5 Å². The summed E-state index contributed by atoms with van der Waals surface area (Å²) in [6.45, 7) is 11.2. The molecule has 0 saturated carbocycles. The van der Waals surface area contributed by atoms with Gasteiger partial charge in [0.2, 0.25) is 11.8 Å². The summed E-state index contributed by atoms with van der Waals surface area (Å²) in [4.78, 5) is 44.9. The molecule has 3 fully saturated rings. The van der Waals surface area contributed by atoms with Crippen LogP contribution in [-0.4, -0.2) is 90.7 Å². The smallest absolute Gasteiger partial charge is 0.312 e. The van der Waals surface area contributed by atoms with Crippen molar-refractivity contribution in [1.29, 1.82) is 0 Å². The molecule has 11 nitrogen and oxygen atoms in total. The van der Waals surface area contributed by atoms with Gasteiger partial charge in [-0.25, -0.2) is 4.68 Å². The second-order valence-electron chi connectivity index (χ2n) is 11.2. The highest BCUT2D eigenvalue weighted by molar-refractivity contribution is 5.98. The summed E-state index contributed by atoms with van der Waals surface area (Å²) in [5.41, 5.74) is -0.706. The molecule has 5 rings (SSSR count). The van der Waals surface area contributed by atoms with Crippen molar-refractivity contribution in [2.75, 3.05) is 19.8 Å². The number of allylic oxidation sites excluding steroid dienone is 1. The number of amides is 2. The molecule has 2 aromatic rings. The van der Waals surface area contributed by atoms with Crippen LogP contribution in [0.25, 0.3) is 11.0 Å². The Kier molecular flexibility index (Phi) is 7.54. The molecule has 6 atom stereocenters. The van der Waals surface area contributed by atoms with Gasteiger partial charge in [0, 0.05) is 6.54 Å². The molecule has 2 unspecified atom stereocenters. The predicted octanol–water partition coefficient (Wildman–Crippen LogP) is 2.06. The van der Waals surface area contributed by atoms with E-state index in [0.29, 0.717) is 31.2 Å². The third kappa shape index (κ3) is 4.32. The number of benzene rings is 1. The Bertz CT molecular complexity index is 1330. The Morgan fingerprint density at radius 3 is 2.80 bits per heavy atom. The highest BCUT2D eigenvalue weighted by Gasteiger charge is 2.78. The summed E-state index contributed by atoms with van der Waals surface area (Å²) in [5.74, 6) is -2.97. The maximum Gasteiger partial charge on any atom is 0.312 e. The van der Waals surface area contributed by atoms with Crippen LogP contribution in [0.2, 0.25) is 0 Å². The van der Waals surface area contributed by atoms with E-state index < -0.39 is 41.1 Å². The number of unbranched alkanes of at least 4 members (excludes halogenated alkanes) is 1. The number of aliphatic hydroxyl groups is 1. The van der Waals surface area contributed by atoms with Crippen molar-refractivity contribution in [3.63, 3.8) is 0 Å². The van der Waals surface area contributed by atoms with Crippen LogP contribution in [0, 0.1) is 11.8 Å². The standard InChI is InChI=1S/C29H37N5O6/c1-5-7-10-16-39-27(38)23-22-25(36)34(19(3)17-35)24(29(22)14-13-28(23,4)40-29)26(37)32(15-6-2)18-33-21-12-9-8-11-20(21)30-31-33/h5-6,8-9,11-12,19,22-24,35H,1-2,7,10,13-18H2,3-4H3/t19-,22+,23-,24?,28+,29?/m1/s1. The molecular formula is C29H37N5O6. The van der Waals surface area contributed by atoms with Gasteiger partial charge in [0.15, 0.2) is 0 Å². The molecule has 1 N–H and O–H groups in total. The average molecular weight is 552 g/mol. The zero-order valence-corrected chi connectivity index (χ0v) is 23.1. The van der Waals surface area contributed by atoms with E-state index in [-0.39, 0.29) is 38.2 Å². The number of likely N-dealkylation sites (tertiary alicyclic amines) is 1. The number of hydrogen-bond acceptors (Lipinski definition) is 8. The number of fused-ring (bicyclic) bond motifs is 2. The Morgan fingerprint density at radius 2 is 2.08 bits per heavy atom. The number of aromatic nitrogens is 3. The number of rotatable bonds is 12. The lowest BCUT2D eigenvalue weighted by Gasteiger charge is -2.38. The van der Waals surface area contributed by atoms with Crippen LogP contribution < -0.4 is 0 Å². The van der Waals surface area contributed by atoms with Crippen molar-refractivity contribution >= 4 is 28.8 Å². The maximum absolute atomic E-state index is 14.5. The summed E-state index contributed by atoms with van der Waals surface area (Å²) in [7, 11) is 0. The lowest BCUT2D eigenvalue weighted by atomic mass is 9.66. The Labute approximate surface area is 233 Å². The number of carbonyl (C=O) groups excluding carboxylic acids is 3. The monoisotopic (exact) mass is 551 g/mol. The second kappa shape index (κ2) is 10.8.